The summed E-state index contributed by atoms with van der Waals surface area (Å²) in [5.41, 5.74) is 0. The molecule has 1 atom stereocenters. The molecule has 1 aliphatic rings. The predicted molar refractivity (Wildman–Crippen MR) is 56.1 cm³/mol. The van der Waals surface area contributed by atoms with Gasteiger partial charge >= 0.3 is 5.97 Å². The van der Waals surface area contributed by atoms with Gasteiger partial charge in [0.05, 0.1) is 19.1 Å². The summed E-state index contributed by atoms with van der Waals surface area (Å²) in [6.07, 6.45) is 3.68. The van der Waals surface area contributed by atoms with Crippen molar-refractivity contribution < 1.29 is 9.53 Å². The SMILES string of the molecule is CCOC(=O)C(CC#N)N1CCCCC1. The number of hydrogen-bond acceptors (Lipinski definition) is 4. The molecule has 0 radical (unpaired) electrons. The van der Waals surface area contributed by atoms with Crippen molar-refractivity contribution in [3.8, 4) is 6.07 Å². The Bertz CT molecular complexity index is 241. The molecule has 0 aromatic rings. The van der Waals surface area contributed by atoms with Crippen LogP contribution in [0.4, 0.5) is 0 Å². The third-order valence-electron chi connectivity index (χ3n) is 2.67. The van der Waals surface area contributed by atoms with E-state index in [0.717, 1.165) is 25.9 Å². The molecule has 0 bridgehead atoms. The number of carbonyl (C=O) groups is 1. The Morgan fingerprint density at radius 1 is 1.47 bits per heavy atom. The first-order valence-electron chi connectivity index (χ1n) is 5.57. The Balaban J connectivity index is 2.55. The van der Waals surface area contributed by atoms with Gasteiger partial charge in [-0.25, -0.2) is 0 Å². The number of ether oxygens (including phenoxy) is 1. The highest BCUT2D eigenvalue weighted by molar-refractivity contribution is 5.76. The van der Waals surface area contributed by atoms with E-state index in [1.807, 2.05) is 0 Å². The fourth-order valence-electron chi connectivity index (χ4n) is 1.92. The van der Waals surface area contributed by atoms with Gasteiger partial charge < -0.3 is 4.74 Å². The van der Waals surface area contributed by atoms with Crippen LogP contribution in [0.15, 0.2) is 0 Å². The number of nitrogens with zero attached hydrogens (tertiary/aromatic N) is 2. The summed E-state index contributed by atoms with van der Waals surface area (Å²) in [7, 11) is 0. The van der Waals surface area contributed by atoms with E-state index in [-0.39, 0.29) is 18.4 Å². The Morgan fingerprint density at radius 2 is 2.13 bits per heavy atom. The molecule has 1 aliphatic heterocycles. The monoisotopic (exact) mass is 210 g/mol. The average Bonchev–Trinajstić information content (AvgIpc) is 2.27. The molecular formula is C11H18N2O2. The van der Waals surface area contributed by atoms with Gasteiger partial charge in [-0.3, -0.25) is 9.69 Å². The molecule has 4 nitrogen and oxygen atoms in total. The first-order valence-corrected chi connectivity index (χ1v) is 5.57. The van der Waals surface area contributed by atoms with Gasteiger partial charge in [-0.2, -0.15) is 5.26 Å². The lowest BCUT2D eigenvalue weighted by Gasteiger charge is -2.31. The van der Waals surface area contributed by atoms with Crippen molar-refractivity contribution in [2.45, 2.75) is 38.6 Å². The number of piperidine rings is 1. The van der Waals surface area contributed by atoms with E-state index >= 15 is 0 Å². The molecule has 0 aromatic heterocycles. The third kappa shape index (κ3) is 3.52. The maximum absolute atomic E-state index is 11.6. The molecule has 1 rings (SSSR count). The van der Waals surface area contributed by atoms with Crippen molar-refractivity contribution in [3.63, 3.8) is 0 Å². The zero-order valence-electron chi connectivity index (χ0n) is 9.24. The van der Waals surface area contributed by atoms with E-state index in [0.29, 0.717) is 6.61 Å². The Morgan fingerprint density at radius 3 is 2.67 bits per heavy atom. The number of hydrogen-bond donors (Lipinski definition) is 0. The smallest absolute Gasteiger partial charge is 0.324 e. The van der Waals surface area contributed by atoms with Crippen LogP contribution in [-0.4, -0.2) is 36.6 Å². The van der Waals surface area contributed by atoms with Crippen LogP contribution in [0.3, 0.4) is 0 Å². The third-order valence-corrected chi connectivity index (χ3v) is 2.67. The summed E-state index contributed by atoms with van der Waals surface area (Å²) in [4.78, 5) is 13.7. The van der Waals surface area contributed by atoms with E-state index in [4.69, 9.17) is 10.00 Å². The van der Waals surface area contributed by atoms with Crippen LogP contribution in [0.2, 0.25) is 0 Å². The lowest BCUT2D eigenvalue weighted by molar-refractivity contribution is -0.149. The standard InChI is InChI=1S/C11H18N2O2/c1-2-15-11(14)10(6-7-12)13-8-4-3-5-9-13/h10H,2-6,8-9H2,1H3. The predicted octanol–water partition coefficient (Wildman–Crippen LogP) is 1.32. The Kier molecular flexibility index (Phi) is 5.13. The minimum absolute atomic E-state index is 0.235. The van der Waals surface area contributed by atoms with Crippen molar-refractivity contribution in [1.29, 1.82) is 5.26 Å². The highest BCUT2D eigenvalue weighted by atomic mass is 16.5. The topological polar surface area (TPSA) is 53.3 Å². The van der Waals surface area contributed by atoms with Crippen molar-refractivity contribution in [2.75, 3.05) is 19.7 Å². The molecule has 4 heteroatoms. The van der Waals surface area contributed by atoms with Gasteiger partial charge in [0.2, 0.25) is 0 Å². The molecule has 1 saturated heterocycles. The fraction of sp³-hybridized carbons (Fsp3) is 0.818. The Labute approximate surface area is 90.8 Å². The van der Waals surface area contributed by atoms with Crippen LogP contribution in [0.25, 0.3) is 0 Å². The number of likely N-dealkylation sites (tertiary alicyclic amines) is 1. The second-order valence-corrected chi connectivity index (χ2v) is 3.73. The maximum atomic E-state index is 11.6. The Hall–Kier alpha value is -1.08. The minimum atomic E-state index is -0.352. The molecule has 0 aromatic carbocycles. The summed E-state index contributed by atoms with van der Waals surface area (Å²) >= 11 is 0. The average molecular weight is 210 g/mol. The van der Waals surface area contributed by atoms with Crippen LogP contribution < -0.4 is 0 Å². The van der Waals surface area contributed by atoms with Gasteiger partial charge in [0.25, 0.3) is 0 Å². The van der Waals surface area contributed by atoms with Crippen LogP contribution in [-0.2, 0) is 9.53 Å². The van der Waals surface area contributed by atoms with Crippen molar-refractivity contribution in [2.24, 2.45) is 0 Å². The summed E-state index contributed by atoms with van der Waals surface area (Å²) in [6, 6.07) is 1.71. The van der Waals surface area contributed by atoms with E-state index in [2.05, 4.69) is 11.0 Å². The van der Waals surface area contributed by atoms with Gasteiger partial charge in [-0.1, -0.05) is 6.42 Å². The van der Waals surface area contributed by atoms with E-state index in [1.165, 1.54) is 6.42 Å². The normalized spacial score (nSPS) is 19.2. The molecule has 0 N–H and O–H groups in total. The van der Waals surface area contributed by atoms with Crippen molar-refractivity contribution in [1.82, 2.24) is 4.90 Å². The molecule has 1 unspecified atom stereocenters. The van der Waals surface area contributed by atoms with E-state index in [1.54, 1.807) is 6.92 Å². The molecular weight excluding hydrogens is 192 g/mol. The van der Waals surface area contributed by atoms with Gasteiger partial charge in [0, 0.05) is 0 Å². The molecule has 1 fully saturated rings. The molecule has 84 valence electrons. The van der Waals surface area contributed by atoms with Gasteiger partial charge in [0.1, 0.15) is 6.04 Å². The van der Waals surface area contributed by atoms with Crippen molar-refractivity contribution in [3.05, 3.63) is 0 Å². The van der Waals surface area contributed by atoms with E-state index < -0.39 is 0 Å². The van der Waals surface area contributed by atoms with Crippen LogP contribution in [0.5, 0.6) is 0 Å². The van der Waals surface area contributed by atoms with Gasteiger partial charge in [0.15, 0.2) is 0 Å². The second-order valence-electron chi connectivity index (χ2n) is 3.73. The first-order chi connectivity index (χ1) is 7.29. The summed E-state index contributed by atoms with van der Waals surface area (Å²) in [6.45, 7) is 3.99. The number of esters is 1. The molecule has 0 saturated carbocycles. The molecule has 0 aliphatic carbocycles. The lowest BCUT2D eigenvalue weighted by Crippen LogP contribution is -2.44. The number of nitriles is 1. The summed E-state index contributed by atoms with van der Waals surface area (Å²) < 4.78 is 4.98. The van der Waals surface area contributed by atoms with E-state index in [9.17, 15) is 4.79 Å². The van der Waals surface area contributed by atoms with Gasteiger partial charge in [-0.15, -0.1) is 0 Å². The largest absolute Gasteiger partial charge is 0.465 e. The van der Waals surface area contributed by atoms with Crippen LogP contribution in [0, 0.1) is 11.3 Å². The van der Waals surface area contributed by atoms with Crippen LogP contribution in [0.1, 0.15) is 32.6 Å². The lowest BCUT2D eigenvalue weighted by atomic mass is 10.1. The summed E-state index contributed by atoms with van der Waals surface area (Å²) in [5.74, 6) is -0.249. The molecule has 0 amide bonds. The van der Waals surface area contributed by atoms with Crippen molar-refractivity contribution >= 4 is 5.97 Å². The highest BCUT2D eigenvalue weighted by Crippen LogP contribution is 2.15. The minimum Gasteiger partial charge on any atom is -0.465 e. The second kappa shape index (κ2) is 6.41. The summed E-state index contributed by atoms with van der Waals surface area (Å²) in [5, 5.41) is 8.70. The fourth-order valence-corrected chi connectivity index (χ4v) is 1.92. The highest BCUT2D eigenvalue weighted by Gasteiger charge is 2.27. The number of carbonyl (C=O) groups excluding carboxylic acids is 1. The zero-order valence-corrected chi connectivity index (χ0v) is 9.24. The van der Waals surface area contributed by atoms with Crippen LogP contribution >= 0.6 is 0 Å². The molecule has 15 heavy (non-hydrogen) atoms. The van der Waals surface area contributed by atoms with Gasteiger partial charge in [-0.05, 0) is 32.9 Å². The molecule has 1 heterocycles. The maximum Gasteiger partial charge on any atom is 0.324 e. The zero-order chi connectivity index (χ0) is 11.1. The first kappa shape index (κ1) is 12.0. The quantitative estimate of drug-likeness (QED) is 0.657. The molecule has 0 spiro atoms. The number of rotatable bonds is 4.